The largest absolute Gasteiger partial charge is 0.316 e. The Morgan fingerprint density at radius 2 is 1.85 bits per heavy atom. The number of halogens is 2. The summed E-state index contributed by atoms with van der Waals surface area (Å²) >= 11 is 12.9. The van der Waals surface area contributed by atoms with Gasteiger partial charge >= 0.3 is 0 Å². The van der Waals surface area contributed by atoms with Crippen LogP contribution in [0.1, 0.15) is 45.6 Å². The van der Waals surface area contributed by atoms with Gasteiger partial charge in [0.15, 0.2) is 0 Å². The first-order chi connectivity index (χ1) is 9.50. The number of rotatable bonds is 6. The zero-order valence-electron chi connectivity index (χ0n) is 12.7. The molecule has 0 radical (unpaired) electrons. The van der Waals surface area contributed by atoms with Gasteiger partial charge in [0.1, 0.15) is 0 Å². The zero-order valence-corrected chi connectivity index (χ0v) is 14.2. The normalized spacial score (nSPS) is 25.8. The molecule has 0 bridgehead atoms. The molecule has 0 amide bonds. The second-order valence-electron chi connectivity index (χ2n) is 6.47. The number of hydrogen-bond donors (Lipinski definition) is 1. The van der Waals surface area contributed by atoms with E-state index >= 15 is 0 Å². The van der Waals surface area contributed by atoms with Gasteiger partial charge in [0.2, 0.25) is 0 Å². The fraction of sp³-hybridized carbons (Fsp3) is 0.647. The molecule has 2 rings (SSSR count). The lowest BCUT2D eigenvalue weighted by Gasteiger charge is -2.51. The predicted octanol–water partition coefficient (Wildman–Crippen LogP) is 5.30. The highest BCUT2D eigenvalue weighted by molar-refractivity contribution is 6.36. The van der Waals surface area contributed by atoms with Gasteiger partial charge in [-0.05, 0) is 55.3 Å². The van der Waals surface area contributed by atoms with Crippen LogP contribution in [0.2, 0.25) is 10.0 Å². The summed E-state index contributed by atoms with van der Waals surface area (Å²) in [4.78, 5) is 0. The van der Waals surface area contributed by atoms with Crippen molar-refractivity contribution in [3.05, 3.63) is 33.8 Å². The number of benzene rings is 1. The predicted molar refractivity (Wildman–Crippen MR) is 88.9 cm³/mol. The summed E-state index contributed by atoms with van der Waals surface area (Å²) in [5.41, 5.74) is 1.28. The van der Waals surface area contributed by atoms with E-state index in [1.54, 1.807) is 0 Å². The van der Waals surface area contributed by atoms with Crippen molar-refractivity contribution < 1.29 is 0 Å². The highest BCUT2D eigenvalue weighted by Crippen LogP contribution is 2.53. The maximum atomic E-state index is 6.45. The number of nitrogens with one attached hydrogen (secondary N) is 1. The van der Waals surface area contributed by atoms with Gasteiger partial charge in [-0.3, -0.25) is 0 Å². The van der Waals surface area contributed by atoms with E-state index < -0.39 is 0 Å². The molecule has 1 aromatic carbocycles. The minimum atomic E-state index is 0.125. The third-order valence-corrected chi connectivity index (χ3v) is 5.26. The van der Waals surface area contributed by atoms with Crippen LogP contribution in [0.15, 0.2) is 18.2 Å². The molecule has 1 saturated carbocycles. The minimum absolute atomic E-state index is 0.125. The minimum Gasteiger partial charge on any atom is -0.316 e. The molecule has 0 atom stereocenters. The average molecular weight is 314 g/mol. The second kappa shape index (κ2) is 6.68. The molecule has 0 saturated heterocycles. The van der Waals surface area contributed by atoms with E-state index in [1.807, 2.05) is 18.2 Å². The Hall–Kier alpha value is -0.240. The van der Waals surface area contributed by atoms with Crippen LogP contribution in [0, 0.1) is 11.8 Å². The molecule has 0 unspecified atom stereocenters. The van der Waals surface area contributed by atoms with E-state index in [-0.39, 0.29) is 5.41 Å². The monoisotopic (exact) mass is 313 g/mol. The maximum Gasteiger partial charge on any atom is 0.0459 e. The Balaban J connectivity index is 2.24. The van der Waals surface area contributed by atoms with Gasteiger partial charge in [-0.25, -0.2) is 0 Å². The Bertz CT molecular complexity index is 430. The summed E-state index contributed by atoms with van der Waals surface area (Å²) in [6, 6.07) is 5.86. The molecule has 0 spiro atoms. The van der Waals surface area contributed by atoms with Crippen molar-refractivity contribution in [1.29, 1.82) is 0 Å². The first kappa shape index (κ1) is 16.1. The highest BCUT2D eigenvalue weighted by Gasteiger charge is 2.47. The lowest BCUT2D eigenvalue weighted by Crippen LogP contribution is -2.50. The van der Waals surface area contributed by atoms with Crippen LogP contribution in [-0.4, -0.2) is 13.1 Å². The van der Waals surface area contributed by atoms with Crippen LogP contribution in [0.25, 0.3) is 0 Å². The summed E-state index contributed by atoms with van der Waals surface area (Å²) in [6.07, 6.45) is 3.52. The summed E-state index contributed by atoms with van der Waals surface area (Å²) in [5, 5.41) is 5.21. The Labute approximate surface area is 133 Å². The molecule has 112 valence electrons. The molecule has 1 aliphatic rings. The lowest BCUT2D eigenvalue weighted by atomic mass is 9.55. The topological polar surface area (TPSA) is 12.0 Å². The molecule has 1 fully saturated rings. The van der Waals surface area contributed by atoms with Gasteiger partial charge in [-0.2, -0.15) is 0 Å². The van der Waals surface area contributed by atoms with Gasteiger partial charge in [0, 0.05) is 22.0 Å². The molecular formula is C17H25Cl2N. The summed E-state index contributed by atoms with van der Waals surface area (Å²) in [5.74, 6) is 1.52. The molecule has 1 aliphatic carbocycles. The molecule has 20 heavy (non-hydrogen) atoms. The zero-order chi connectivity index (χ0) is 14.8. The van der Waals surface area contributed by atoms with Gasteiger partial charge in [0.05, 0.1) is 0 Å². The Morgan fingerprint density at radius 1 is 1.25 bits per heavy atom. The summed E-state index contributed by atoms with van der Waals surface area (Å²) < 4.78 is 0. The lowest BCUT2D eigenvalue weighted by molar-refractivity contribution is 0.0980. The Kier molecular flexibility index (Phi) is 5.39. The first-order valence-corrected chi connectivity index (χ1v) is 8.41. The fourth-order valence-corrected chi connectivity index (χ4v) is 4.16. The third kappa shape index (κ3) is 3.16. The van der Waals surface area contributed by atoms with Crippen molar-refractivity contribution in [2.24, 2.45) is 11.8 Å². The molecule has 1 aromatic rings. The van der Waals surface area contributed by atoms with E-state index in [2.05, 4.69) is 26.1 Å². The molecular weight excluding hydrogens is 289 g/mol. The van der Waals surface area contributed by atoms with Crippen LogP contribution < -0.4 is 5.32 Å². The maximum absolute atomic E-state index is 6.45. The van der Waals surface area contributed by atoms with E-state index in [0.29, 0.717) is 0 Å². The van der Waals surface area contributed by atoms with Crippen LogP contribution in [0.5, 0.6) is 0 Å². The van der Waals surface area contributed by atoms with Gasteiger partial charge in [-0.1, -0.05) is 50.0 Å². The second-order valence-corrected chi connectivity index (χ2v) is 7.28. The summed E-state index contributed by atoms with van der Waals surface area (Å²) in [6.45, 7) is 8.84. The smallest absolute Gasteiger partial charge is 0.0459 e. The average Bonchev–Trinajstić information content (AvgIpc) is 2.33. The third-order valence-electron chi connectivity index (χ3n) is 4.63. The highest BCUT2D eigenvalue weighted by atomic mass is 35.5. The van der Waals surface area contributed by atoms with Gasteiger partial charge in [-0.15, -0.1) is 0 Å². The fourth-order valence-electron chi connectivity index (χ4n) is 3.36. The van der Waals surface area contributed by atoms with Crippen LogP contribution >= 0.6 is 23.2 Å². The first-order valence-electron chi connectivity index (χ1n) is 7.65. The number of hydrogen-bond acceptors (Lipinski definition) is 1. The Morgan fingerprint density at radius 3 is 2.35 bits per heavy atom. The van der Waals surface area contributed by atoms with Crippen molar-refractivity contribution in [1.82, 2.24) is 5.32 Å². The molecule has 3 heteroatoms. The van der Waals surface area contributed by atoms with Gasteiger partial charge in [0.25, 0.3) is 0 Å². The van der Waals surface area contributed by atoms with Crippen molar-refractivity contribution in [3.63, 3.8) is 0 Å². The van der Waals surface area contributed by atoms with Crippen LogP contribution in [0.4, 0.5) is 0 Å². The van der Waals surface area contributed by atoms with Crippen molar-refractivity contribution in [3.8, 4) is 0 Å². The van der Waals surface area contributed by atoms with Crippen molar-refractivity contribution >= 4 is 23.2 Å². The molecule has 1 nitrogen and oxygen atoms in total. The molecule has 0 aromatic heterocycles. The standard InChI is InChI=1S/C17H25Cl2N/c1-4-8-20-11-17(9-13(10-17)12(2)3)16-14(18)6-5-7-15(16)19/h5-7,12-13,20H,4,8-11H2,1-3H3. The van der Waals surface area contributed by atoms with E-state index in [9.17, 15) is 0 Å². The van der Waals surface area contributed by atoms with E-state index in [0.717, 1.165) is 47.0 Å². The molecule has 0 heterocycles. The summed E-state index contributed by atoms with van der Waals surface area (Å²) in [7, 11) is 0. The van der Waals surface area contributed by atoms with Gasteiger partial charge < -0.3 is 5.32 Å². The van der Waals surface area contributed by atoms with Crippen LogP contribution in [-0.2, 0) is 5.41 Å². The SMILES string of the molecule is CCCNCC1(c2c(Cl)cccc2Cl)CC(C(C)C)C1. The van der Waals surface area contributed by atoms with Crippen molar-refractivity contribution in [2.75, 3.05) is 13.1 Å². The van der Waals surface area contributed by atoms with Crippen molar-refractivity contribution in [2.45, 2.75) is 45.4 Å². The van der Waals surface area contributed by atoms with E-state index in [1.165, 1.54) is 12.8 Å². The molecule has 0 aliphatic heterocycles. The molecule has 1 N–H and O–H groups in total. The van der Waals surface area contributed by atoms with Crippen LogP contribution in [0.3, 0.4) is 0 Å². The van der Waals surface area contributed by atoms with E-state index in [4.69, 9.17) is 23.2 Å². The quantitative estimate of drug-likeness (QED) is 0.703.